The molecule has 0 aliphatic carbocycles. The molecule has 1 aromatic rings. The average Bonchev–Trinajstić information content (AvgIpc) is 2.41. The Balaban J connectivity index is 2.32. The number of hydrogen-bond donors (Lipinski definition) is 1. The summed E-state index contributed by atoms with van der Waals surface area (Å²) in [5.74, 6) is 0. The number of hydrogen-bond acceptors (Lipinski definition) is 3. The van der Waals surface area contributed by atoms with Gasteiger partial charge in [0.25, 0.3) is 0 Å². The first-order valence-corrected chi connectivity index (χ1v) is 6.71. The van der Waals surface area contributed by atoms with Gasteiger partial charge in [-0.25, -0.2) is 0 Å². The molecule has 0 aromatic heterocycles. The number of benzene rings is 1. The van der Waals surface area contributed by atoms with Crippen LogP contribution in [0.3, 0.4) is 0 Å². The van der Waals surface area contributed by atoms with Crippen molar-refractivity contribution in [2.75, 3.05) is 33.9 Å². The smallest absolute Gasteiger partial charge is 0.0474 e. The lowest BCUT2D eigenvalue weighted by Crippen LogP contribution is -2.39. The zero-order chi connectivity index (χ0) is 13.2. The second kappa shape index (κ2) is 9.09. The van der Waals surface area contributed by atoms with E-state index in [1.807, 2.05) is 0 Å². The molecule has 3 nitrogen and oxygen atoms in total. The van der Waals surface area contributed by atoms with Crippen LogP contribution in [0.1, 0.15) is 18.4 Å². The highest BCUT2D eigenvalue weighted by atomic mass is 16.5. The summed E-state index contributed by atoms with van der Waals surface area (Å²) in [6, 6.07) is 11.1. The van der Waals surface area contributed by atoms with Crippen molar-refractivity contribution in [1.29, 1.82) is 0 Å². The van der Waals surface area contributed by atoms with Crippen LogP contribution in [0.25, 0.3) is 0 Å². The fraction of sp³-hybridized carbons (Fsp3) is 0.600. The number of likely N-dealkylation sites (N-methyl/N-ethyl adjacent to an activating group) is 1. The predicted molar refractivity (Wildman–Crippen MR) is 76.7 cm³/mol. The van der Waals surface area contributed by atoms with Gasteiger partial charge in [-0.3, -0.25) is 0 Å². The van der Waals surface area contributed by atoms with Gasteiger partial charge in [0.1, 0.15) is 0 Å². The maximum atomic E-state index is 5.87. The van der Waals surface area contributed by atoms with E-state index < -0.39 is 0 Å². The summed E-state index contributed by atoms with van der Waals surface area (Å²) >= 11 is 0. The van der Waals surface area contributed by atoms with E-state index in [0.717, 1.165) is 39.0 Å². The lowest BCUT2D eigenvalue weighted by Gasteiger charge is -2.27. The van der Waals surface area contributed by atoms with Gasteiger partial charge in [-0.2, -0.15) is 0 Å². The molecule has 3 heteroatoms. The fourth-order valence-electron chi connectivity index (χ4n) is 2.14. The van der Waals surface area contributed by atoms with Crippen molar-refractivity contribution >= 4 is 0 Å². The highest BCUT2D eigenvalue weighted by Gasteiger charge is 2.12. The minimum Gasteiger partial charge on any atom is -0.385 e. The zero-order valence-electron chi connectivity index (χ0n) is 11.6. The molecular weight excluding hydrogens is 224 g/mol. The Morgan fingerprint density at radius 1 is 1.28 bits per heavy atom. The summed E-state index contributed by atoms with van der Waals surface area (Å²) in [6.45, 7) is 2.58. The molecule has 0 saturated heterocycles. The van der Waals surface area contributed by atoms with Gasteiger partial charge in [0.05, 0.1) is 0 Å². The van der Waals surface area contributed by atoms with E-state index >= 15 is 0 Å². The molecule has 1 unspecified atom stereocenters. The second-order valence-corrected chi connectivity index (χ2v) is 4.74. The minimum absolute atomic E-state index is 0.460. The van der Waals surface area contributed by atoms with Crippen LogP contribution in [0.5, 0.6) is 0 Å². The van der Waals surface area contributed by atoms with E-state index in [1.54, 1.807) is 7.11 Å². The van der Waals surface area contributed by atoms with Crippen LogP contribution in [0.2, 0.25) is 0 Å². The minimum atomic E-state index is 0.460. The van der Waals surface area contributed by atoms with Gasteiger partial charge in [0.2, 0.25) is 0 Å². The van der Waals surface area contributed by atoms with Gasteiger partial charge in [-0.1, -0.05) is 30.3 Å². The van der Waals surface area contributed by atoms with Crippen LogP contribution in [0, 0.1) is 0 Å². The molecular formula is C15H26N2O. The fourth-order valence-corrected chi connectivity index (χ4v) is 2.14. The van der Waals surface area contributed by atoms with Crippen LogP contribution >= 0.6 is 0 Å². The quantitative estimate of drug-likeness (QED) is 0.680. The molecule has 1 aromatic carbocycles. The Labute approximate surface area is 111 Å². The van der Waals surface area contributed by atoms with Gasteiger partial charge in [0.15, 0.2) is 0 Å². The van der Waals surface area contributed by atoms with Gasteiger partial charge in [-0.05, 0) is 31.9 Å². The largest absolute Gasteiger partial charge is 0.385 e. The normalized spacial score (nSPS) is 12.9. The van der Waals surface area contributed by atoms with Gasteiger partial charge < -0.3 is 15.4 Å². The van der Waals surface area contributed by atoms with Crippen molar-refractivity contribution in [3.8, 4) is 0 Å². The molecule has 2 N–H and O–H groups in total. The standard InChI is InChI=1S/C15H26N2O/c1-17(11-6-12-18-2)15(13-16)10-9-14-7-4-3-5-8-14/h3-5,7-8,15H,6,9-13,16H2,1-2H3. The average molecular weight is 250 g/mol. The van der Waals surface area contributed by atoms with E-state index in [9.17, 15) is 0 Å². The van der Waals surface area contributed by atoms with Crippen LogP contribution < -0.4 is 5.73 Å². The topological polar surface area (TPSA) is 38.5 Å². The summed E-state index contributed by atoms with van der Waals surface area (Å²) in [5.41, 5.74) is 7.26. The molecule has 18 heavy (non-hydrogen) atoms. The predicted octanol–water partition coefficient (Wildman–Crippen LogP) is 1.91. The van der Waals surface area contributed by atoms with Crippen LogP contribution in [-0.2, 0) is 11.2 Å². The van der Waals surface area contributed by atoms with Crippen molar-refractivity contribution in [3.63, 3.8) is 0 Å². The third-order valence-corrected chi connectivity index (χ3v) is 3.36. The third kappa shape index (κ3) is 5.63. The lowest BCUT2D eigenvalue weighted by molar-refractivity contribution is 0.164. The summed E-state index contributed by atoms with van der Waals surface area (Å²) in [4.78, 5) is 2.35. The highest BCUT2D eigenvalue weighted by Crippen LogP contribution is 2.08. The molecule has 0 amide bonds. The number of methoxy groups -OCH3 is 1. The maximum absolute atomic E-state index is 5.87. The summed E-state index contributed by atoms with van der Waals surface area (Å²) < 4.78 is 5.08. The number of nitrogens with two attached hydrogens (primary N) is 1. The van der Waals surface area contributed by atoms with E-state index in [-0.39, 0.29) is 0 Å². The maximum Gasteiger partial charge on any atom is 0.0474 e. The van der Waals surface area contributed by atoms with E-state index in [0.29, 0.717) is 6.04 Å². The SMILES string of the molecule is COCCCN(C)C(CN)CCc1ccccc1. The Hall–Kier alpha value is -0.900. The lowest BCUT2D eigenvalue weighted by atomic mass is 10.0. The molecule has 1 atom stereocenters. The molecule has 102 valence electrons. The molecule has 0 fully saturated rings. The van der Waals surface area contributed by atoms with Gasteiger partial charge in [-0.15, -0.1) is 0 Å². The van der Waals surface area contributed by atoms with Crippen molar-refractivity contribution in [2.45, 2.75) is 25.3 Å². The van der Waals surface area contributed by atoms with Crippen molar-refractivity contribution in [2.24, 2.45) is 5.73 Å². The Morgan fingerprint density at radius 2 is 2.00 bits per heavy atom. The molecule has 0 aliphatic heterocycles. The summed E-state index contributed by atoms with van der Waals surface area (Å²) in [5, 5.41) is 0. The van der Waals surface area contributed by atoms with Crippen LogP contribution in [-0.4, -0.2) is 44.8 Å². The van der Waals surface area contributed by atoms with Gasteiger partial charge >= 0.3 is 0 Å². The molecule has 0 aliphatic rings. The van der Waals surface area contributed by atoms with Crippen LogP contribution in [0.4, 0.5) is 0 Å². The van der Waals surface area contributed by atoms with E-state index in [4.69, 9.17) is 10.5 Å². The number of aryl methyl sites for hydroxylation is 1. The Kier molecular flexibility index (Phi) is 7.65. The van der Waals surface area contributed by atoms with E-state index in [1.165, 1.54) is 5.56 Å². The van der Waals surface area contributed by atoms with Crippen molar-refractivity contribution < 1.29 is 4.74 Å². The monoisotopic (exact) mass is 250 g/mol. The molecule has 0 heterocycles. The highest BCUT2D eigenvalue weighted by molar-refractivity contribution is 5.14. The molecule has 0 saturated carbocycles. The number of nitrogens with zero attached hydrogens (tertiary/aromatic N) is 1. The summed E-state index contributed by atoms with van der Waals surface area (Å²) in [6.07, 6.45) is 3.27. The Morgan fingerprint density at radius 3 is 2.61 bits per heavy atom. The zero-order valence-corrected chi connectivity index (χ0v) is 11.6. The first-order valence-electron chi connectivity index (χ1n) is 6.71. The molecule has 0 bridgehead atoms. The Bertz CT molecular complexity index is 303. The third-order valence-electron chi connectivity index (χ3n) is 3.36. The molecule has 0 spiro atoms. The number of rotatable bonds is 9. The van der Waals surface area contributed by atoms with Crippen molar-refractivity contribution in [3.05, 3.63) is 35.9 Å². The van der Waals surface area contributed by atoms with E-state index in [2.05, 4.69) is 42.3 Å². The van der Waals surface area contributed by atoms with Crippen LogP contribution in [0.15, 0.2) is 30.3 Å². The second-order valence-electron chi connectivity index (χ2n) is 4.74. The first-order chi connectivity index (χ1) is 8.77. The number of ether oxygens (including phenoxy) is 1. The van der Waals surface area contributed by atoms with Crippen molar-refractivity contribution in [1.82, 2.24) is 4.90 Å². The molecule has 1 rings (SSSR count). The summed E-state index contributed by atoms with van der Waals surface area (Å²) in [7, 11) is 3.90. The van der Waals surface area contributed by atoms with Gasteiger partial charge in [0, 0.05) is 32.8 Å². The first kappa shape index (κ1) is 15.2. The molecule has 0 radical (unpaired) electrons.